The van der Waals surface area contributed by atoms with Gasteiger partial charge in [-0.3, -0.25) is 14.2 Å². The first-order chi connectivity index (χ1) is 10.7. The SMILES string of the molecule is CCn1ccc(/C=C2/CC/C(=C\c3ccn(CC)n3)C2=O)n1. The van der Waals surface area contributed by atoms with Gasteiger partial charge in [0.15, 0.2) is 5.78 Å². The topological polar surface area (TPSA) is 52.7 Å². The quantitative estimate of drug-likeness (QED) is 0.815. The van der Waals surface area contributed by atoms with Crippen LogP contribution in [0.2, 0.25) is 0 Å². The number of hydrogen-bond donors (Lipinski definition) is 0. The molecule has 5 heteroatoms. The lowest BCUT2D eigenvalue weighted by Gasteiger charge is -1.95. The van der Waals surface area contributed by atoms with Gasteiger partial charge in [0.05, 0.1) is 11.4 Å². The summed E-state index contributed by atoms with van der Waals surface area (Å²) in [5.41, 5.74) is 3.37. The van der Waals surface area contributed by atoms with Gasteiger partial charge in [0.1, 0.15) is 0 Å². The Morgan fingerprint density at radius 1 is 0.955 bits per heavy atom. The summed E-state index contributed by atoms with van der Waals surface area (Å²) in [6, 6.07) is 3.88. The molecule has 0 aromatic carbocycles. The minimum absolute atomic E-state index is 0.122. The molecular formula is C17H20N4O. The van der Waals surface area contributed by atoms with Gasteiger partial charge in [-0.15, -0.1) is 0 Å². The third-order valence-electron chi connectivity index (χ3n) is 3.86. The van der Waals surface area contributed by atoms with E-state index in [0.717, 1.165) is 48.5 Å². The van der Waals surface area contributed by atoms with Crippen LogP contribution in [-0.4, -0.2) is 25.3 Å². The molecule has 0 aliphatic heterocycles. The monoisotopic (exact) mass is 296 g/mol. The summed E-state index contributed by atoms with van der Waals surface area (Å²) in [4.78, 5) is 12.5. The zero-order valence-corrected chi connectivity index (χ0v) is 13.0. The van der Waals surface area contributed by atoms with Crippen molar-refractivity contribution in [3.63, 3.8) is 0 Å². The van der Waals surface area contributed by atoms with Crippen molar-refractivity contribution in [3.05, 3.63) is 47.1 Å². The van der Waals surface area contributed by atoms with Gasteiger partial charge in [0.25, 0.3) is 0 Å². The number of nitrogens with zero attached hydrogens (tertiary/aromatic N) is 4. The van der Waals surface area contributed by atoms with E-state index in [1.807, 2.05) is 59.9 Å². The fourth-order valence-electron chi connectivity index (χ4n) is 2.60. The first kappa shape index (κ1) is 14.5. The molecule has 1 aliphatic carbocycles. The number of Topliss-reactive ketones (excluding diaryl/α,β-unsaturated/α-hetero) is 1. The van der Waals surface area contributed by atoms with Gasteiger partial charge in [-0.05, 0) is 51.0 Å². The molecule has 2 aromatic rings. The summed E-state index contributed by atoms with van der Waals surface area (Å²) in [5, 5.41) is 8.81. The Bertz CT molecular complexity index is 686. The van der Waals surface area contributed by atoms with Crippen molar-refractivity contribution in [1.82, 2.24) is 19.6 Å². The highest BCUT2D eigenvalue weighted by molar-refractivity contribution is 6.15. The highest BCUT2D eigenvalue weighted by Gasteiger charge is 2.23. The molecule has 2 heterocycles. The lowest BCUT2D eigenvalue weighted by molar-refractivity contribution is -0.111. The number of allylic oxidation sites excluding steroid dienone is 2. The molecule has 0 N–H and O–H groups in total. The van der Waals surface area contributed by atoms with E-state index in [1.165, 1.54) is 0 Å². The Kier molecular flexibility index (Phi) is 4.04. The zero-order valence-electron chi connectivity index (χ0n) is 13.0. The maximum atomic E-state index is 12.5. The van der Waals surface area contributed by atoms with Crippen molar-refractivity contribution in [2.24, 2.45) is 0 Å². The van der Waals surface area contributed by atoms with Crippen molar-refractivity contribution in [3.8, 4) is 0 Å². The van der Waals surface area contributed by atoms with E-state index in [2.05, 4.69) is 10.2 Å². The standard InChI is InChI=1S/C17H20N4O/c1-3-20-9-7-15(18-20)11-13-5-6-14(17(13)22)12-16-8-10-21(4-2)19-16/h7-12H,3-6H2,1-2H3/b13-11-,14-12+. The van der Waals surface area contributed by atoms with Crippen molar-refractivity contribution < 1.29 is 4.79 Å². The van der Waals surface area contributed by atoms with Crippen LogP contribution < -0.4 is 0 Å². The van der Waals surface area contributed by atoms with Crippen LogP contribution >= 0.6 is 0 Å². The zero-order chi connectivity index (χ0) is 15.5. The molecule has 114 valence electrons. The molecule has 1 fully saturated rings. The van der Waals surface area contributed by atoms with Crippen LogP contribution in [0.1, 0.15) is 38.1 Å². The number of rotatable bonds is 4. The molecule has 0 atom stereocenters. The lowest BCUT2D eigenvalue weighted by atomic mass is 10.1. The molecule has 0 spiro atoms. The van der Waals surface area contributed by atoms with Gasteiger partial charge in [-0.25, -0.2) is 0 Å². The Balaban J connectivity index is 1.79. The molecule has 0 saturated heterocycles. The van der Waals surface area contributed by atoms with Gasteiger partial charge in [0.2, 0.25) is 0 Å². The number of ketones is 1. The number of aryl methyl sites for hydroxylation is 2. The predicted octanol–water partition coefficient (Wildman–Crippen LogP) is 2.95. The van der Waals surface area contributed by atoms with Gasteiger partial charge in [0, 0.05) is 36.6 Å². The minimum atomic E-state index is 0.122. The predicted molar refractivity (Wildman–Crippen MR) is 86.0 cm³/mol. The fourth-order valence-corrected chi connectivity index (χ4v) is 2.60. The molecule has 0 amide bonds. The summed E-state index contributed by atoms with van der Waals surface area (Å²) < 4.78 is 3.72. The lowest BCUT2D eigenvalue weighted by Crippen LogP contribution is -1.98. The first-order valence-electron chi connectivity index (χ1n) is 7.72. The molecule has 0 bridgehead atoms. The van der Waals surface area contributed by atoms with Crippen molar-refractivity contribution in [2.45, 2.75) is 39.8 Å². The van der Waals surface area contributed by atoms with Gasteiger partial charge in [-0.2, -0.15) is 10.2 Å². The largest absolute Gasteiger partial charge is 0.289 e. The normalized spacial score (nSPS) is 18.7. The molecule has 0 unspecified atom stereocenters. The highest BCUT2D eigenvalue weighted by Crippen LogP contribution is 2.28. The summed E-state index contributed by atoms with van der Waals surface area (Å²) in [6.45, 7) is 5.76. The van der Waals surface area contributed by atoms with Gasteiger partial charge in [-0.1, -0.05) is 0 Å². The Hall–Kier alpha value is -2.43. The molecule has 1 saturated carbocycles. The third kappa shape index (κ3) is 2.93. The van der Waals surface area contributed by atoms with E-state index in [9.17, 15) is 4.79 Å². The molecule has 2 aromatic heterocycles. The average molecular weight is 296 g/mol. The summed E-state index contributed by atoms with van der Waals surface area (Å²) in [5.74, 6) is 0.122. The number of carbonyl (C=O) groups is 1. The molecule has 5 nitrogen and oxygen atoms in total. The van der Waals surface area contributed by atoms with Gasteiger partial charge >= 0.3 is 0 Å². The molecule has 0 radical (unpaired) electrons. The van der Waals surface area contributed by atoms with Crippen LogP contribution in [0.25, 0.3) is 12.2 Å². The molecule has 3 rings (SSSR count). The second kappa shape index (κ2) is 6.13. The van der Waals surface area contributed by atoms with Crippen LogP contribution in [0.3, 0.4) is 0 Å². The highest BCUT2D eigenvalue weighted by atomic mass is 16.1. The molecule has 1 aliphatic rings. The molecular weight excluding hydrogens is 276 g/mol. The van der Waals surface area contributed by atoms with Gasteiger partial charge < -0.3 is 0 Å². The average Bonchev–Trinajstić information content (AvgIpc) is 3.24. The van der Waals surface area contributed by atoms with Crippen LogP contribution in [0.5, 0.6) is 0 Å². The third-order valence-corrected chi connectivity index (χ3v) is 3.86. The van der Waals surface area contributed by atoms with Crippen molar-refractivity contribution >= 4 is 17.9 Å². The van der Waals surface area contributed by atoms with E-state index in [-0.39, 0.29) is 5.78 Å². The number of hydrogen-bond acceptors (Lipinski definition) is 3. The summed E-state index contributed by atoms with van der Waals surface area (Å²) in [7, 11) is 0. The van der Waals surface area contributed by atoms with E-state index in [4.69, 9.17) is 0 Å². The first-order valence-corrected chi connectivity index (χ1v) is 7.72. The maximum absolute atomic E-state index is 12.5. The smallest absolute Gasteiger partial charge is 0.185 e. The van der Waals surface area contributed by atoms with Crippen LogP contribution in [0.15, 0.2) is 35.7 Å². The number of aromatic nitrogens is 4. The Labute approximate surface area is 129 Å². The minimum Gasteiger partial charge on any atom is -0.289 e. The van der Waals surface area contributed by atoms with Crippen molar-refractivity contribution in [2.75, 3.05) is 0 Å². The Morgan fingerprint density at radius 2 is 1.41 bits per heavy atom. The fraction of sp³-hybridized carbons (Fsp3) is 0.353. The maximum Gasteiger partial charge on any atom is 0.185 e. The second-order valence-corrected chi connectivity index (χ2v) is 5.36. The van der Waals surface area contributed by atoms with Crippen LogP contribution in [0, 0.1) is 0 Å². The van der Waals surface area contributed by atoms with Crippen LogP contribution in [0.4, 0.5) is 0 Å². The van der Waals surface area contributed by atoms with E-state index in [0.29, 0.717) is 0 Å². The summed E-state index contributed by atoms with van der Waals surface area (Å²) in [6.07, 6.45) is 9.22. The Morgan fingerprint density at radius 3 is 1.77 bits per heavy atom. The molecule has 22 heavy (non-hydrogen) atoms. The van der Waals surface area contributed by atoms with E-state index < -0.39 is 0 Å². The van der Waals surface area contributed by atoms with E-state index in [1.54, 1.807) is 0 Å². The van der Waals surface area contributed by atoms with Crippen molar-refractivity contribution in [1.29, 1.82) is 0 Å². The van der Waals surface area contributed by atoms with Crippen LogP contribution in [-0.2, 0) is 17.9 Å². The van der Waals surface area contributed by atoms with E-state index >= 15 is 0 Å². The summed E-state index contributed by atoms with van der Waals surface area (Å²) >= 11 is 0. The number of carbonyl (C=O) groups excluding carboxylic acids is 1. The second-order valence-electron chi connectivity index (χ2n) is 5.36.